The smallest absolute Gasteiger partial charge is 0.227 e. The van der Waals surface area contributed by atoms with E-state index in [4.69, 9.17) is 4.52 Å². The van der Waals surface area contributed by atoms with Crippen molar-refractivity contribution in [2.24, 2.45) is 0 Å². The van der Waals surface area contributed by atoms with E-state index in [1.165, 1.54) is 19.3 Å². The van der Waals surface area contributed by atoms with Crippen LogP contribution in [0.4, 0.5) is 0 Å². The summed E-state index contributed by atoms with van der Waals surface area (Å²) in [7, 11) is 0. The van der Waals surface area contributed by atoms with E-state index in [0.29, 0.717) is 6.04 Å². The summed E-state index contributed by atoms with van der Waals surface area (Å²) in [5.41, 5.74) is 0. The Balaban J connectivity index is 1.87. The lowest BCUT2D eigenvalue weighted by Crippen LogP contribution is -2.21. The maximum Gasteiger partial charge on any atom is 0.227 e. The molecule has 1 aromatic rings. The minimum absolute atomic E-state index is 0.300. The van der Waals surface area contributed by atoms with E-state index in [-0.39, 0.29) is 0 Å². The molecule has 96 valence electrons. The molecule has 0 bridgehead atoms. The number of hydrogen-bond donors (Lipinski definition) is 1. The Bertz CT molecular complexity index is 321. The highest BCUT2D eigenvalue weighted by atomic mass is 32.2. The van der Waals surface area contributed by atoms with Gasteiger partial charge in [-0.3, -0.25) is 0 Å². The molecule has 1 aliphatic rings. The fourth-order valence-electron chi connectivity index (χ4n) is 2.06. The Kier molecular flexibility index (Phi) is 5.32. The average Bonchev–Trinajstić information content (AvgIpc) is 2.64. The summed E-state index contributed by atoms with van der Waals surface area (Å²) in [5.74, 6) is 3.84. The lowest BCUT2D eigenvalue weighted by Gasteiger charge is -2.09. The minimum atomic E-state index is 0.300. The van der Waals surface area contributed by atoms with Gasteiger partial charge in [-0.25, -0.2) is 0 Å². The van der Waals surface area contributed by atoms with Gasteiger partial charge in [-0.2, -0.15) is 16.7 Å². The van der Waals surface area contributed by atoms with E-state index in [9.17, 15) is 0 Å². The van der Waals surface area contributed by atoms with Crippen molar-refractivity contribution in [1.82, 2.24) is 15.5 Å². The summed E-state index contributed by atoms with van der Waals surface area (Å²) in [6, 6.07) is 0.300. The van der Waals surface area contributed by atoms with Crippen LogP contribution >= 0.6 is 11.8 Å². The van der Waals surface area contributed by atoms with Crippen LogP contribution in [0.25, 0.3) is 0 Å². The lowest BCUT2D eigenvalue weighted by atomic mass is 10.1. The van der Waals surface area contributed by atoms with Gasteiger partial charge in [0.1, 0.15) is 0 Å². The van der Waals surface area contributed by atoms with Crippen LogP contribution in [0.2, 0.25) is 0 Å². The van der Waals surface area contributed by atoms with Gasteiger partial charge < -0.3 is 9.84 Å². The van der Waals surface area contributed by atoms with Gasteiger partial charge in [0.25, 0.3) is 0 Å². The molecule has 0 aromatic carbocycles. The average molecular weight is 255 g/mol. The number of nitrogens with one attached hydrogen (secondary N) is 1. The van der Waals surface area contributed by atoms with E-state index in [1.807, 2.05) is 11.8 Å². The van der Waals surface area contributed by atoms with Crippen LogP contribution in [-0.4, -0.2) is 28.2 Å². The molecule has 0 spiro atoms. The highest BCUT2D eigenvalue weighted by Crippen LogP contribution is 2.20. The first-order chi connectivity index (χ1) is 8.40. The highest BCUT2D eigenvalue weighted by molar-refractivity contribution is 7.99. The molecule has 2 rings (SSSR count). The van der Waals surface area contributed by atoms with Gasteiger partial charge in [-0.1, -0.05) is 24.9 Å². The van der Waals surface area contributed by atoms with Crippen molar-refractivity contribution in [2.45, 2.75) is 45.1 Å². The third-order valence-electron chi connectivity index (χ3n) is 3.02. The predicted molar refractivity (Wildman–Crippen MR) is 70.2 cm³/mol. The molecule has 1 unspecified atom stereocenters. The summed E-state index contributed by atoms with van der Waals surface area (Å²) in [6.45, 7) is 3.24. The topological polar surface area (TPSA) is 51.0 Å². The standard InChI is InChI=1S/C12H21N3OS/c1-2-17-9-7-11-14-12(15-16-11)10-6-4-3-5-8-13-10/h10,13H,2-9H2,1H3. The van der Waals surface area contributed by atoms with Crippen LogP contribution in [0.15, 0.2) is 4.52 Å². The van der Waals surface area contributed by atoms with Gasteiger partial charge in [0.2, 0.25) is 5.89 Å². The highest BCUT2D eigenvalue weighted by Gasteiger charge is 2.19. The Morgan fingerprint density at radius 1 is 1.41 bits per heavy atom. The van der Waals surface area contributed by atoms with Crippen molar-refractivity contribution in [1.29, 1.82) is 0 Å². The van der Waals surface area contributed by atoms with Crippen LogP contribution in [0.1, 0.15) is 50.4 Å². The molecule has 0 aliphatic carbocycles. The molecule has 5 heteroatoms. The molecule has 17 heavy (non-hydrogen) atoms. The van der Waals surface area contributed by atoms with Crippen molar-refractivity contribution in [3.8, 4) is 0 Å². The van der Waals surface area contributed by atoms with E-state index in [0.717, 1.165) is 42.6 Å². The zero-order valence-corrected chi connectivity index (χ0v) is 11.3. The van der Waals surface area contributed by atoms with Gasteiger partial charge in [0.05, 0.1) is 6.04 Å². The van der Waals surface area contributed by atoms with E-state index in [2.05, 4.69) is 22.4 Å². The zero-order chi connectivity index (χ0) is 11.9. The fourth-order valence-corrected chi connectivity index (χ4v) is 2.67. The Morgan fingerprint density at radius 2 is 2.35 bits per heavy atom. The second kappa shape index (κ2) is 7.01. The van der Waals surface area contributed by atoms with Crippen molar-refractivity contribution < 1.29 is 4.52 Å². The van der Waals surface area contributed by atoms with Gasteiger partial charge in [0, 0.05) is 12.2 Å². The SMILES string of the molecule is CCSCCc1nc(C2CCCCCN2)no1. The third kappa shape index (κ3) is 4.00. The summed E-state index contributed by atoms with van der Waals surface area (Å²) < 4.78 is 5.29. The molecule has 1 saturated heterocycles. The quantitative estimate of drug-likeness (QED) is 0.820. The molecule has 1 N–H and O–H groups in total. The van der Waals surface area contributed by atoms with Crippen molar-refractivity contribution >= 4 is 11.8 Å². The molecule has 1 aromatic heterocycles. The molecule has 0 amide bonds. The Morgan fingerprint density at radius 3 is 3.24 bits per heavy atom. The molecule has 0 radical (unpaired) electrons. The van der Waals surface area contributed by atoms with Gasteiger partial charge >= 0.3 is 0 Å². The number of rotatable bonds is 5. The minimum Gasteiger partial charge on any atom is -0.339 e. The van der Waals surface area contributed by atoms with Crippen LogP contribution in [-0.2, 0) is 6.42 Å². The molecule has 1 aliphatic heterocycles. The normalized spacial score (nSPS) is 21.4. The largest absolute Gasteiger partial charge is 0.339 e. The molecular formula is C12H21N3OS. The maximum atomic E-state index is 5.29. The maximum absolute atomic E-state index is 5.29. The van der Waals surface area contributed by atoms with Crippen LogP contribution < -0.4 is 5.32 Å². The first-order valence-electron chi connectivity index (χ1n) is 6.53. The number of aryl methyl sites for hydroxylation is 1. The van der Waals surface area contributed by atoms with Crippen LogP contribution in [0.5, 0.6) is 0 Å². The summed E-state index contributed by atoms with van der Waals surface area (Å²) >= 11 is 1.91. The second-order valence-corrected chi connectivity index (χ2v) is 5.74. The first kappa shape index (κ1) is 12.9. The van der Waals surface area contributed by atoms with Crippen LogP contribution in [0.3, 0.4) is 0 Å². The molecule has 2 heterocycles. The first-order valence-corrected chi connectivity index (χ1v) is 7.69. The fraction of sp³-hybridized carbons (Fsp3) is 0.833. The predicted octanol–water partition coefficient (Wildman–Crippen LogP) is 2.57. The Labute approximate surface area is 107 Å². The van der Waals surface area contributed by atoms with Crippen molar-refractivity contribution in [3.63, 3.8) is 0 Å². The number of hydrogen-bond acceptors (Lipinski definition) is 5. The second-order valence-electron chi connectivity index (χ2n) is 4.35. The van der Waals surface area contributed by atoms with Crippen molar-refractivity contribution in [2.75, 3.05) is 18.1 Å². The van der Waals surface area contributed by atoms with Crippen molar-refractivity contribution in [3.05, 3.63) is 11.7 Å². The Hall–Kier alpha value is -0.550. The van der Waals surface area contributed by atoms with E-state index < -0.39 is 0 Å². The van der Waals surface area contributed by atoms with E-state index >= 15 is 0 Å². The molecule has 1 fully saturated rings. The zero-order valence-electron chi connectivity index (χ0n) is 10.4. The van der Waals surface area contributed by atoms with Gasteiger partial charge in [0.15, 0.2) is 5.82 Å². The molecule has 4 nitrogen and oxygen atoms in total. The van der Waals surface area contributed by atoms with E-state index in [1.54, 1.807) is 0 Å². The molecule has 0 saturated carbocycles. The number of nitrogens with zero attached hydrogens (tertiary/aromatic N) is 2. The summed E-state index contributed by atoms with van der Waals surface area (Å²) in [4.78, 5) is 4.49. The van der Waals surface area contributed by atoms with Gasteiger partial charge in [-0.15, -0.1) is 0 Å². The molecule has 1 atom stereocenters. The number of thioether (sulfide) groups is 1. The monoisotopic (exact) mass is 255 g/mol. The van der Waals surface area contributed by atoms with Gasteiger partial charge in [-0.05, 0) is 25.1 Å². The third-order valence-corrected chi connectivity index (χ3v) is 3.92. The van der Waals surface area contributed by atoms with Crippen LogP contribution in [0, 0.1) is 0 Å². The number of aromatic nitrogens is 2. The molecular weight excluding hydrogens is 234 g/mol. The summed E-state index contributed by atoms with van der Waals surface area (Å²) in [6.07, 6.45) is 5.84. The summed E-state index contributed by atoms with van der Waals surface area (Å²) in [5, 5.41) is 7.59. The lowest BCUT2D eigenvalue weighted by molar-refractivity contribution is 0.367.